The molecule has 1 aromatic heterocycles. The molecule has 1 aliphatic heterocycles. The minimum absolute atomic E-state index is 0.194. The third kappa shape index (κ3) is 2.35. The molecule has 1 aliphatic rings. The highest BCUT2D eigenvalue weighted by Gasteiger charge is 2.29. The van der Waals surface area contributed by atoms with Crippen LogP contribution in [0, 0.1) is 0 Å². The molecular formula is C9H10N4O2. The fourth-order valence-electron chi connectivity index (χ4n) is 1.37. The Morgan fingerprint density at radius 3 is 3.00 bits per heavy atom. The molecule has 6 nitrogen and oxygen atoms in total. The average molecular weight is 206 g/mol. The van der Waals surface area contributed by atoms with Crippen molar-refractivity contribution < 1.29 is 9.59 Å². The van der Waals surface area contributed by atoms with Crippen LogP contribution in [0.4, 0.5) is 0 Å². The van der Waals surface area contributed by atoms with Crippen LogP contribution < -0.4 is 10.6 Å². The molecule has 78 valence electrons. The number of hydrogen-bond acceptors (Lipinski definition) is 5. The van der Waals surface area contributed by atoms with Crippen molar-refractivity contribution in [1.82, 2.24) is 20.8 Å². The van der Waals surface area contributed by atoms with E-state index >= 15 is 0 Å². The van der Waals surface area contributed by atoms with Crippen LogP contribution in [0.15, 0.2) is 18.3 Å². The van der Waals surface area contributed by atoms with Crippen LogP contribution >= 0.6 is 0 Å². The van der Waals surface area contributed by atoms with Crippen LogP contribution in [0.25, 0.3) is 0 Å². The van der Waals surface area contributed by atoms with Crippen molar-refractivity contribution in [2.45, 2.75) is 19.0 Å². The molecule has 1 saturated heterocycles. The van der Waals surface area contributed by atoms with Gasteiger partial charge in [0.1, 0.15) is 0 Å². The Morgan fingerprint density at radius 1 is 1.53 bits per heavy atom. The van der Waals surface area contributed by atoms with Gasteiger partial charge < -0.3 is 0 Å². The van der Waals surface area contributed by atoms with E-state index in [1.54, 1.807) is 18.3 Å². The van der Waals surface area contributed by atoms with E-state index in [9.17, 15) is 9.59 Å². The van der Waals surface area contributed by atoms with E-state index in [1.165, 1.54) is 0 Å². The Hall–Kier alpha value is -1.82. The molecule has 0 saturated carbocycles. The minimum atomic E-state index is -0.445. The summed E-state index contributed by atoms with van der Waals surface area (Å²) in [5.41, 5.74) is 0.740. The first kappa shape index (κ1) is 9.72. The van der Waals surface area contributed by atoms with Gasteiger partial charge >= 0.3 is 0 Å². The first-order valence-electron chi connectivity index (χ1n) is 4.59. The maximum absolute atomic E-state index is 11.2. The SMILES string of the molecule is O=C1CC(NCc2cccnn2)C(=O)N1. The van der Waals surface area contributed by atoms with Crippen molar-refractivity contribution in [2.75, 3.05) is 0 Å². The quantitative estimate of drug-likeness (QED) is 0.618. The highest BCUT2D eigenvalue weighted by Crippen LogP contribution is 2.02. The van der Waals surface area contributed by atoms with Gasteiger partial charge in [0, 0.05) is 12.7 Å². The summed E-state index contributed by atoms with van der Waals surface area (Å²) < 4.78 is 0. The first-order chi connectivity index (χ1) is 7.25. The number of aromatic nitrogens is 2. The molecule has 2 rings (SSSR count). The highest BCUT2D eigenvalue weighted by molar-refractivity contribution is 6.05. The highest BCUT2D eigenvalue weighted by atomic mass is 16.2. The summed E-state index contributed by atoms with van der Waals surface area (Å²) in [6, 6.07) is 3.12. The molecule has 1 fully saturated rings. The summed E-state index contributed by atoms with van der Waals surface area (Å²) in [4.78, 5) is 22.1. The van der Waals surface area contributed by atoms with Crippen molar-refractivity contribution in [1.29, 1.82) is 0 Å². The van der Waals surface area contributed by atoms with Gasteiger partial charge in [-0.1, -0.05) is 0 Å². The van der Waals surface area contributed by atoms with E-state index < -0.39 is 6.04 Å². The fraction of sp³-hybridized carbons (Fsp3) is 0.333. The zero-order valence-electron chi connectivity index (χ0n) is 7.93. The van der Waals surface area contributed by atoms with Gasteiger partial charge in [0.25, 0.3) is 0 Å². The molecule has 1 unspecified atom stereocenters. The summed E-state index contributed by atoms with van der Waals surface area (Å²) in [6.07, 6.45) is 1.77. The molecule has 2 amide bonds. The molecule has 0 spiro atoms. The average Bonchev–Trinajstić information content (AvgIpc) is 2.56. The van der Waals surface area contributed by atoms with Gasteiger partial charge in [-0.2, -0.15) is 10.2 Å². The van der Waals surface area contributed by atoms with Crippen LogP contribution in [0.5, 0.6) is 0 Å². The summed E-state index contributed by atoms with van der Waals surface area (Å²) in [6.45, 7) is 0.430. The number of amides is 2. The summed E-state index contributed by atoms with van der Waals surface area (Å²) in [5.74, 6) is -0.513. The molecule has 0 aliphatic carbocycles. The number of nitrogens with zero attached hydrogens (tertiary/aromatic N) is 2. The third-order valence-electron chi connectivity index (χ3n) is 2.13. The van der Waals surface area contributed by atoms with Crippen molar-refractivity contribution in [2.24, 2.45) is 0 Å². The Bertz CT molecular complexity index is 379. The van der Waals surface area contributed by atoms with E-state index in [0.29, 0.717) is 6.54 Å². The molecule has 2 heterocycles. The standard InChI is InChI=1S/C9H10N4O2/c14-8-4-7(9(15)12-8)10-5-6-2-1-3-11-13-6/h1-3,7,10H,4-5H2,(H,12,14,15). The molecule has 1 atom stereocenters. The predicted molar refractivity (Wildman–Crippen MR) is 50.4 cm³/mol. The largest absolute Gasteiger partial charge is 0.300 e. The Kier molecular flexibility index (Phi) is 2.68. The number of hydrogen-bond donors (Lipinski definition) is 2. The second-order valence-corrected chi connectivity index (χ2v) is 3.27. The summed E-state index contributed by atoms with van der Waals surface area (Å²) >= 11 is 0. The fourth-order valence-corrected chi connectivity index (χ4v) is 1.37. The molecular weight excluding hydrogens is 196 g/mol. The zero-order valence-corrected chi connectivity index (χ0v) is 7.93. The van der Waals surface area contributed by atoms with Gasteiger partial charge in [-0.25, -0.2) is 0 Å². The van der Waals surface area contributed by atoms with Crippen LogP contribution in [-0.4, -0.2) is 28.1 Å². The van der Waals surface area contributed by atoms with Gasteiger partial charge in [0.2, 0.25) is 11.8 Å². The number of carbonyl (C=O) groups is 2. The molecule has 0 aromatic carbocycles. The van der Waals surface area contributed by atoms with Crippen molar-refractivity contribution in [3.05, 3.63) is 24.0 Å². The second kappa shape index (κ2) is 4.14. The lowest BCUT2D eigenvalue weighted by molar-refractivity contribution is -0.125. The van der Waals surface area contributed by atoms with Gasteiger partial charge in [-0.05, 0) is 12.1 Å². The first-order valence-corrected chi connectivity index (χ1v) is 4.59. The lowest BCUT2D eigenvalue weighted by Gasteiger charge is -2.07. The Balaban J connectivity index is 1.89. The van der Waals surface area contributed by atoms with Crippen LogP contribution in [0.3, 0.4) is 0 Å². The predicted octanol–water partition coefficient (Wildman–Crippen LogP) is -1.02. The van der Waals surface area contributed by atoms with E-state index in [-0.39, 0.29) is 18.2 Å². The van der Waals surface area contributed by atoms with E-state index in [1.807, 2.05) is 0 Å². The number of imide groups is 1. The monoisotopic (exact) mass is 206 g/mol. The molecule has 1 aromatic rings. The summed E-state index contributed by atoms with van der Waals surface area (Å²) in [5, 5.41) is 12.7. The molecule has 2 N–H and O–H groups in total. The second-order valence-electron chi connectivity index (χ2n) is 3.27. The summed E-state index contributed by atoms with van der Waals surface area (Å²) in [7, 11) is 0. The zero-order chi connectivity index (χ0) is 10.7. The molecule has 0 bridgehead atoms. The minimum Gasteiger partial charge on any atom is -0.300 e. The molecule has 0 radical (unpaired) electrons. The third-order valence-corrected chi connectivity index (χ3v) is 2.13. The molecule has 15 heavy (non-hydrogen) atoms. The smallest absolute Gasteiger partial charge is 0.244 e. The lowest BCUT2D eigenvalue weighted by atomic mass is 10.2. The number of carbonyl (C=O) groups excluding carboxylic acids is 2. The maximum Gasteiger partial charge on any atom is 0.244 e. The molecule has 6 heteroatoms. The van der Waals surface area contributed by atoms with Crippen molar-refractivity contribution >= 4 is 11.8 Å². The van der Waals surface area contributed by atoms with Crippen LogP contribution in [-0.2, 0) is 16.1 Å². The van der Waals surface area contributed by atoms with Gasteiger partial charge in [-0.3, -0.25) is 20.2 Å². The lowest BCUT2D eigenvalue weighted by Crippen LogP contribution is -2.36. The number of rotatable bonds is 3. The van der Waals surface area contributed by atoms with Crippen LogP contribution in [0.1, 0.15) is 12.1 Å². The normalized spacial score (nSPS) is 20.4. The van der Waals surface area contributed by atoms with Gasteiger partial charge in [0.05, 0.1) is 18.2 Å². The van der Waals surface area contributed by atoms with E-state index in [2.05, 4.69) is 20.8 Å². The topological polar surface area (TPSA) is 84.0 Å². The Labute approximate surface area is 86.1 Å². The van der Waals surface area contributed by atoms with Gasteiger partial charge in [-0.15, -0.1) is 0 Å². The maximum atomic E-state index is 11.2. The van der Waals surface area contributed by atoms with Crippen molar-refractivity contribution in [3.63, 3.8) is 0 Å². The van der Waals surface area contributed by atoms with E-state index in [0.717, 1.165) is 5.69 Å². The van der Waals surface area contributed by atoms with Crippen molar-refractivity contribution in [3.8, 4) is 0 Å². The van der Waals surface area contributed by atoms with E-state index in [4.69, 9.17) is 0 Å². The number of nitrogens with one attached hydrogen (secondary N) is 2. The van der Waals surface area contributed by atoms with Gasteiger partial charge in [0.15, 0.2) is 0 Å². The van der Waals surface area contributed by atoms with Crippen LogP contribution in [0.2, 0.25) is 0 Å². The Morgan fingerprint density at radius 2 is 2.40 bits per heavy atom.